The largest absolute Gasteiger partial charge is 0.507 e. The van der Waals surface area contributed by atoms with Crippen LogP contribution in [0.3, 0.4) is 0 Å². The Morgan fingerprint density at radius 1 is 1.10 bits per heavy atom. The average molecular weight is 674 g/mol. The fraction of sp³-hybridized carbons (Fsp3) is 0.371. The van der Waals surface area contributed by atoms with E-state index in [9.17, 15) is 14.7 Å². The zero-order valence-electron chi connectivity index (χ0n) is 27.7. The van der Waals surface area contributed by atoms with Gasteiger partial charge in [-0.25, -0.2) is 19.3 Å². The topological polar surface area (TPSA) is 125 Å². The quantitative estimate of drug-likeness (QED) is 0.265. The number of amides is 2. The van der Waals surface area contributed by atoms with Crippen molar-refractivity contribution in [3.05, 3.63) is 75.8 Å². The number of fused-ring (bicyclic) bond motifs is 5. The van der Waals surface area contributed by atoms with Gasteiger partial charge < -0.3 is 19.8 Å². The van der Waals surface area contributed by atoms with Crippen molar-refractivity contribution in [1.29, 1.82) is 0 Å². The first kappa shape index (κ1) is 33.1. The van der Waals surface area contributed by atoms with Gasteiger partial charge in [-0.15, -0.1) is 0 Å². The van der Waals surface area contributed by atoms with E-state index in [4.69, 9.17) is 16.6 Å². The second kappa shape index (κ2) is 12.3. The van der Waals surface area contributed by atoms with E-state index in [1.807, 2.05) is 39.5 Å². The van der Waals surface area contributed by atoms with Gasteiger partial charge in [0.2, 0.25) is 5.91 Å². The average Bonchev–Trinajstić information content (AvgIpc) is 3.05. The Morgan fingerprint density at radius 3 is 2.35 bits per heavy atom. The van der Waals surface area contributed by atoms with Gasteiger partial charge in [0.05, 0.1) is 45.6 Å². The lowest BCUT2D eigenvalue weighted by molar-refractivity contribution is -0.131. The van der Waals surface area contributed by atoms with Crippen LogP contribution in [0.4, 0.5) is 15.8 Å². The highest BCUT2D eigenvalue weighted by Gasteiger charge is 2.46. The van der Waals surface area contributed by atoms with E-state index in [1.54, 1.807) is 11.0 Å². The fourth-order valence-electron chi connectivity index (χ4n) is 6.87. The molecule has 2 aliphatic heterocycles. The third-order valence-electron chi connectivity index (χ3n) is 9.24. The third-order valence-corrected chi connectivity index (χ3v) is 9.53. The lowest BCUT2D eigenvalue weighted by Crippen LogP contribution is -2.66. The van der Waals surface area contributed by atoms with Gasteiger partial charge in [-0.1, -0.05) is 58.9 Å². The van der Waals surface area contributed by atoms with Gasteiger partial charge in [0.25, 0.3) is 11.5 Å². The zero-order valence-corrected chi connectivity index (χ0v) is 28.4. The number of piperazine rings is 1. The van der Waals surface area contributed by atoms with E-state index in [1.165, 1.54) is 47.1 Å². The Bertz CT molecular complexity index is 2020. The van der Waals surface area contributed by atoms with Crippen LogP contribution in [-0.2, 0) is 9.59 Å². The first-order valence-electron chi connectivity index (χ1n) is 15.9. The maximum Gasteiger partial charge on any atom is 0.283 e. The van der Waals surface area contributed by atoms with Gasteiger partial charge >= 0.3 is 0 Å². The lowest BCUT2D eigenvalue weighted by Gasteiger charge is -2.50. The van der Waals surface area contributed by atoms with E-state index in [0.717, 1.165) is 0 Å². The van der Waals surface area contributed by atoms with Gasteiger partial charge in [-0.05, 0) is 42.5 Å². The van der Waals surface area contributed by atoms with Crippen molar-refractivity contribution in [2.24, 2.45) is 0 Å². The number of carbonyl (C=O) groups is 2. The highest BCUT2D eigenvalue weighted by atomic mass is 35.5. The number of aromatic hydroxyl groups is 1. The van der Waals surface area contributed by atoms with Crippen molar-refractivity contribution >= 4 is 45.8 Å². The SMILES string of the molecule is C=CC(=O)N1C[C@@H]2C(=O)N(C)c3c(c4cc(Cl)c(-c5c(O)cccc5F)nc4n(-c4c(C(C)C)ncnc4C(C)C)c3=O)N2C[C@H]1CC. The second-order valence-electron chi connectivity index (χ2n) is 12.8. The summed E-state index contributed by atoms with van der Waals surface area (Å²) < 4.78 is 16.7. The molecule has 2 atom stereocenters. The molecule has 0 unspecified atom stereocenters. The highest BCUT2D eigenvalue weighted by Crippen LogP contribution is 2.45. The summed E-state index contributed by atoms with van der Waals surface area (Å²) >= 11 is 6.89. The molecule has 1 aromatic carbocycles. The number of phenols is 1. The molecule has 6 rings (SSSR count). The molecule has 250 valence electrons. The van der Waals surface area contributed by atoms with E-state index >= 15 is 9.18 Å². The molecule has 3 aromatic heterocycles. The number of halogens is 2. The number of phenolic OH excluding ortho intramolecular Hbond substituents is 1. The van der Waals surface area contributed by atoms with E-state index in [0.29, 0.717) is 34.6 Å². The second-order valence-corrected chi connectivity index (χ2v) is 13.2. The molecule has 0 radical (unpaired) electrons. The van der Waals surface area contributed by atoms with Crippen molar-refractivity contribution in [2.45, 2.75) is 65.0 Å². The molecule has 13 heteroatoms. The first-order chi connectivity index (χ1) is 22.8. The molecular weight excluding hydrogens is 637 g/mol. The number of carbonyl (C=O) groups excluding carboxylic acids is 2. The summed E-state index contributed by atoms with van der Waals surface area (Å²) in [6, 6.07) is 4.40. The van der Waals surface area contributed by atoms with Crippen molar-refractivity contribution in [1.82, 2.24) is 24.4 Å². The van der Waals surface area contributed by atoms with Crippen LogP contribution < -0.4 is 15.4 Å². The van der Waals surface area contributed by atoms with Crippen LogP contribution in [0.25, 0.3) is 28.0 Å². The Morgan fingerprint density at radius 2 is 1.77 bits per heavy atom. The third kappa shape index (κ3) is 5.01. The minimum Gasteiger partial charge on any atom is -0.507 e. The number of likely N-dealkylation sites (N-methyl/N-ethyl adjacent to an activating group) is 1. The van der Waals surface area contributed by atoms with Crippen molar-refractivity contribution < 1.29 is 19.1 Å². The molecule has 1 N–H and O–H groups in total. The van der Waals surface area contributed by atoms with Crippen LogP contribution in [-0.4, -0.2) is 73.6 Å². The molecule has 0 aliphatic carbocycles. The highest BCUT2D eigenvalue weighted by molar-refractivity contribution is 6.34. The fourth-order valence-corrected chi connectivity index (χ4v) is 7.12. The molecule has 2 aliphatic rings. The summed E-state index contributed by atoms with van der Waals surface area (Å²) in [6.45, 7) is 13.7. The van der Waals surface area contributed by atoms with Crippen LogP contribution in [0.15, 0.2) is 48.0 Å². The molecule has 11 nitrogen and oxygen atoms in total. The molecule has 1 saturated heterocycles. The maximum absolute atomic E-state index is 15.3. The molecule has 48 heavy (non-hydrogen) atoms. The molecule has 5 heterocycles. The van der Waals surface area contributed by atoms with E-state index < -0.39 is 17.4 Å². The lowest BCUT2D eigenvalue weighted by atomic mass is 9.96. The monoisotopic (exact) mass is 673 g/mol. The summed E-state index contributed by atoms with van der Waals surface area (Å²) in [4.78, 5) is 60.9. The van der Waals surface area contributed by atoms with E-state index in [2.05, 4.69) is 16.5 Å². The number of rotatable bonds is 6. The van der Waals surface area contributed by atoms with Crippen LogP contribution in [0, 0.1) is 5.82 Å². The number of aromatic nitrogens is 4. The maximum atomic E-state index is 15.3. The van der Waals surface area contributed by atoms with Gasteiger partial charge in [0.1, 0.15) is 29.6 Å². The first-order valence-corrected chi connectivity index (χ1v) is 16.3. The van der Waals surface area contributed by atoms with Crippen molar-refractivity contribution in [3.8, 4) is 22.7 Å². The number of nitrogens with zero attached hydrogens (tertiary/aromatic N) is 7. The minimum absolute atomic E-state index is 0.0244. The van der Waals surface area contributed by atoms with Crippen LogP contribution >= 0.6 is 11.6 Å². The minimum atomic E-state index is -0.806. The summed E-state index contributed by atoms with van der Waals surface area (Å²) in [5, 5.41) is 11.2. The van der Waals surface area contributed by atoms with Crippen LogP contribution in [0.2, 0.25) is 5.02 Å². The molecular formula is C35H37ClFN7O4. The summed E-state index contributed by atoms with van der Waals surface area (Å²) in [5.41, 5.74) is 1.39. The number of pyridine rings is 2. The summed E-state index contributed by atoms with van der Waals surface area (Å²) in [5.74, 6) is -2.05. The van der Waals surface area contributed by atoms with E-state index in [-0.39, 0.29) is 76.1 Å². The predicted octanol–water partition coefficient (Wildman–Crippen LogP) is 5.55. The van der Waals surface area contributed by atoms with Crippen molar-refractivity contribution in [3.63, 3.8) is 0 Å². The van der Waals surface area contributed by atoms with Gasteiger partial charge in [0.15, 0.2) is 5.65 Å². The zero-order chi connectivity index (χ0) is 34.8. The Kier molecular flexibility index (Phi) is 8.49. The predicted molar refractivity (Wildman–Crippen MR) is 184 cm³/mol. The molecule has 0 bridgehead atoms. The molecule has 2 amide bonds. The molecule has 1 fully saturated rings. The Hall–Kier alpha value is -4.84. The summed E-state index contributed by atoms with van der Waals surface area (Å²) in [6.07, 6.45) is 3.28. The van der Waals surface area contributed by atoms with Gasteiger partial charge in [-0.3, -0.25) is 19.0 Å². The van der Waals surface area contributed by atoms with Crippen LogP contribution in [0.1, 0.15) is 64.3 Å². The number of hydrogen-bond acceptors (Lipinski definition) is 8. The smallest absolute Gasteiger partial charge is 0.283 e. The Balaban J connectivity index is 1.78. The summed E-state index contributed by atoms with van der Waals surface area (Å²) in [7, 11) is 1.54. The Labute approximate surface area is 282 Å². The molecule has 0 spiro atoms. The standard InChI is InChI=1S/C35H37ClFN7O4/c1-8-19-14-43-23(15-42(19)25(46)9-2)34(47)41(7)32-30(43)20-13-21(36)29(26-22(37)11-10-12-24(26)45)40-33(20)44(35(32)48)31-27(17(3)4)38-16-39-28(31)18(5)6/h9-13,16-19,23,45H,2,8,14-15H2,1,3-7H3/t19-,23-/m1/s1. The number of benzene rings is 1. The van der Waals surface area contributed by atoms with Crippen LogP contribution in [0.5, 0.6) is 5.75 Å². The number of hydrogen-bond donors (Lipinski definition) is 1. The van der Waals surface area contributed by atoms with Crippen molar-refractivity contribution in [2.75, 3.05) is 29.9 Å². The molecule has 4 aromatic rings. The van der Waals surface area contributed by atoms with Gasteiger partial charge in [-0.2, -0.15) is 0 Å². The molecule has 0 saturated carbocycles. The van der Waals surface area contributed by atoms with Gasteiger partial charge in [0, 0.05) is 25.0 Å². The normalized spacial score (nSPS) is 17.7. The number of anilines is 2.